The van der Waals surface area contributed by atoms with Crippen LogP contribution in [-0.4, -0.2) is 28.0 Å². The van der Waals surface area contributed by atoms with Gasteiger partial charge in [0.15, 0.2) is 6.61 Å². The first-order chi connectivity index (χ1) is 14.1. The molecule has 0 saturated carbocycles. The van der Waals surface area contributed by atoms with E-state index in [1.807, 2.05) is 53.1 Å². The van der Waals surface area contributed by atoms with Gasteiger partial charge in [0, 0.05) is 16.9 Å². The fraction of sp³-hybridized carbons (Fsp3) is 0.0455. The first kappa shape index (κ1) is 18.2. The number of aromatic nitrogens is 2. The number of nitrogens with two attached hydrogens (primary N) is 1. The smallest absolute Gasteiger partial charge is 0.262 e. The highest BCUT2D eigenvalue weighted by Gasteiger charge is 2.07. The fourth-order valence-electron chi connectivity index (χ4n) is 2.96. The molecule has 0 bridgehead atoms. The van der Waals surface area contributed by atoms with Crippen LogP contribution in [0.25, 0.3) is 16.7 Å². The minimum atomic E-state index is -0.550. The molecule has 0 aliphatic rings. The molecule has 4 rings (SSSR count). The Bertz CT molecular complexity index is 1180. The third-order valence-corrected chi connectivity index (χ3v) is 4.37. The van der Waals surface area contributed by atoms with Crippen molar-refractivity contribution < 1.29 is 14.3 Å². The van der Waals surface area contributed by atoms with Gasteiger partial charge in [-0.05, 0) is 54.6 Å². The van der Waals surface area contributed by atoms with Gasteiger partial charge < -0.3 is 15.8 Å². The summed E-state index contributed by atoms with van der Waals surface area (Å²) in [5.41, 5.74) is 9.08. The number of rotatable bonds is 6. The number of para-hydroxylation sites is 2. The molecule has 1 heterocycles. The number of imidazole rings is 1. The van der Waals surface area contributed by atoms with Crippen molar-refractivity contribution in [3.63, 3.8) is 0 Å². The summed E-state index contributed by atoms with van der Waals surface area (Å²) in [5.74, 6) is -0.459. The monoisotopic (exact) mass is 386 g/mol. The van der Waals surface area contributed by atoms with Crippen LogP contribution >= 0.6 is 0 Å². The van der Waals surface area contributed by atoms with Crippen molar-refractivity contribution in [3.05, 3.63) is 84.7 Å². The third-order valence-electron chi connectivity index (χ3n) is 4.37. The maximum absolute atomic E-state index is 12.2. The largest absolute Gasteiger partial charge is 0.484 e. The van der Waals surface area contributed by atoms with E-state index in [1.165, 1.54) is 6.07 Å². The molecule has 144 valence electrons. The van der Waals surface area contributed by atoms with E-state index in [0.717, 1.165) is 16.7 Å². The molecular weight excluding hydrogens is 368 g/mol. The van der Waals surface area contributed by atoms with Crippen LogP contribution in [0.1, 0.15) is 10.4 Å². The van der Waals surface area contributed by atoms with Crippen LogP contribution in [0.2, 0.25) is 0 Å². The summed E-state index contributed by atoms with van der Waals surface area (Å²) in [7, 11) is 0. The van der Waals surface area contributed by atoms with Crippen molar-refractivity contribution in [1.82, 2.24) is 9.55 Å². The Morgan fingerprint density at radius 2 is 1.79 bits per heavy atom. The first-order valence-electron chi connectivity index (χ1n) is 8.95. The Labute approximate surface area is 166 Å². The minimum Gasteiger partial charge on any atom is -0.484 e. The second-order valence-electron chi connectivity index (χ2n) is 6.38. The van der Waals surface area contributed by atoms with E-state index in [4.69, 9.17) is 10.5 Å². The molecule has 0 fully saturated rings. The number of carbonyl (C=O) groups excluding carboxylic acids is 2. The van der Waals surface area contributed by atoms with Crippen molar-refractivity contribution >= 4 is 28.5 Å². The predicted molar refractivity (Wildman–Crippen MR) is 110 cm³/mol. The van der Waals surface area contributed by atoms with Crippen LogP contribution in [0, 0.1) is 0 Å². The molecule has 1 aromatic heterocycles. The highest BCUT2D eigenvalue weighted by molar-refractivity contribution is 5.93. The summed E-state index contributed by atoms with van der Waals surface area (Å²) in [5, 5.41) is 2.78. The van der Waals surface area contributed by atoms with Gasteiger partial charge in [-0.1, -0.05) is 18.2 Å². The summed E-state index contributed by atoms with van der Waals surface area (Å²) >= 11 is 0. The average Bonchev–Trinajstić information content (AvgIpc) is 3.17. The molecular formula is C22H18N4O3. The quantitative estimate of drug-likeness (QED) is 0.532. The van der Waals surface area contributed by atoms with Crippen LogP contribution in [0.3, 0.4) is 0 Å². The molecule has 3 N–H and O–H groups in total. The van der Waals surface area contributed by atoms with Crippen molar-refractivity contribution in [2.75, 3.05) is 11.9 Å². The van der Waals surface area contributed by atoms with Gasteiger partial charge in [0.1, 0.15) is 12.1 Å². The molecule has 0 aliphatic carbocycles. The number of anilines is 1. The van der Waals surface area contributed by atoms with Gasteiger partial charge in [0.25, 0.3) is 5.91 Å². The van der Waals surface area contributed by atoms with Crippen molar-refractivity contribution in [1.29, 1.82) is 0 Å². The standard InChI is InChI=1S/C22H18N4O3/c23-22(28)15-4-3-5-18(12-15)29-13-21(27)25-16-8-10-17(11-9-16)26-14-24-19-6-1-2-7-20(19)26/h1-12,14H,13H2,(H2,23,28)(H,25,27). The van der Waals surface area contributed by atoms with E-state index in [2.05, 4.69) is 10.3 Å². The topological polar surface area (TPSA) is 99.2 Å². The van der Waals surface area contributed by atoms with Crippen molar-refractivity contribution in [2.45, 2.75) is 0 Å². The molecule has 4 aromatic rings. The summed E-state index contributed by atoms with van der Waals surface area (Å²) < 4.78 is 7.41. The zero-order valence-electron chi connectivity index (χ0n) is 15.4. The minimum absolute atomic E-state index is 0.184. The SMILES string of the molecule is NC(=O)c1cccc(OCC(=O)Nc2ccc(-n3cnc4ccccc43)cc2)c1. The van der Waals surface area contributed by atoms with Crippen molar-refractivity contribution in [3.8, 4) is 11.4 Å². The van der Waals surface area contributed by atoms with Crippen LogP contribution in [-0.2, 0) is 4.79 Å². The lowest BCUT2D eigenvalue weighted by Gasteiger charge is -2.09. The van der Waals surface area contributed by atoms with Crippen LogP contribution < -0.4 is 15.8 Å². The van der Waals surface area contributed by atoms with Gasteiger partial charge >= 0.3 is 0 Å². The van der Waals surface area contributed by atoms with E-state index >= 15 is 0 Å². The van der Waals surface area contributed by atoms with Gasteiger partial charge in [-0.25, -0.2) is 4.98 Å². The number of primary amides is 1. The molecule has 29 heavy (non-hydrogen) atoms. The summed E-state index contributed by atoms with van der Waals surface area (Å²) in [6.07, 6.45) is 1.77. The Morgan fingerprint density at radius 3 is 2.59 bits per heavy atom. The van der Waals surface area contributed by atoms with Crippen LogP contribution in [0.5, 0.6) is 5.75 Å². The van der Waals surface area contributed by atoms with Gasteiger partial charge in [-0.15, -0.1) is 0 Å². The van der Waals surface area contributed by atoms with Gasteiger partial charge in [-0.2, -0.15) is 0 Å². The Balaban J connectivity index is 1.39. The van der Waals surface area contributed by atoms with E-state index in [1.54, 1.807) is 24.5 Å². The molecule has 0 unspecified atom stereocenters. The van der Waals surface area contributed by atoms with E-state index in [9.17, 15) is 9.59 Å². The average molecular weight is 386 g/mol. The third kappa shape index (κ3) is 4.08. The number of benzene rings is 3. The van der Waals surface area contributed by atoms with E-state index in [-0.39, 0.29) is 12.5 Å². The number of carbonyl (C=O) groups is 2. The number of amides is 2. The Morgan fingerprint density at radius 1 is 1.00 bits per heavy atom. The normalized spacial score (nSPS) is 10.6. The van der Waals surface area contributed by atoms with Gasteiger partial charge in [0.05, 0.1) is 11.0 Å². The molecule has 7 nitrogen and oxygen atoms in total. The van der Waals surface area contributed by atoms with Crippen LogP contribution in [0.15, 0.2) is 79.1 Å². The lowest BCUT2D eigenvalue weighted by atomic mass is 10.2. The van der Waals surface area contributed by atoms with Gasteiger partial charge in [0.2, 0.25) is 5.91 Å². The maximum Gasteiger partial charge on any atom is 0.262 e. The maximum atomic E-state index is 12.2. The van der Waals surface area contributed by atoms with Gasteiger partial charge in [-0.3, -0.25) is 14.2 Å². The molecule has 3 aromatic carbocycles. The number of ether oxygens (including phenoxy) is 1. The summed E-state index contributed by atoms with van der Waals surface area (Å²) in [6, 6.07) is 21.7. The molecule has 0 spiro atoms. The summed E-state index contributed by atoms with van der Waals surface area (Å²) in [6.45, 7) is -0.184. The molecule has 0 atom stereocenters. The van der Waals surface area contributed by atoms with Crippen molar-refractivity contribution in [2.24, 2.45) is 5.73 Å². The second kappa shape index (κ2) is 7.85. The lowest BCUT2D eigenvalue weighted by Crippen LogP contribution is -2.20. The van der Waals surface area contributed by atoms with E-state index < -0.39 is 5.91 Å². The zero-order chi connectivity index (χ0) is 20.2. The van der Waals surface area contributed by atoms with E-state index in [0.29, 0.717) is 17.0 Å². The fourth-order valence-corrected chi connectivity index (χ4v) is 2.96. The number of nitrogens with zero attached hydrogens (tertiary/aromatic N) is 2. The number of hydrogen-bond donors (Lipinski definition) is 2. The zero-order valence-corrected chi connectivity index (χ0v) is 15.4. The lowest BCUT2D eigenvalue weighted by molar-refractivity contribution is -0.118. The highest BCUT2D eigenvalue weighted by atomic mass is 16.5. The Kier molecular flexibility index (Phi) is 4.94. The second-order valence-corrected chi connectivity index (χ2v) is 6.38. The number of nitrogens with one attached hydrogen (secondary N) is 1. The summed E-state index contributed by atoms with van der Waals surface area (Å²) in [4.78, 5) is 27.7. The Hall–Kier alpha value is -4.13. The number of fused-ring (bicyclic) bond motifs is 1. The highest BCUT2D eigenvalue weighted by Crippen LogP contribution is 2.19. The molecule has 0 aliphatic heterocycles. The first-order valence-corrected chi connectivity index (χ1v) is 8.95. The van der Waals surface area contributed by atoms with Crippen LogP contribution in [0.4, 0.5) is 5.69 Å². The molecule has 2 amide bonds. The molecule has 0 saturated heterocycles. The number of hydrogen-bond acceptors (Lipinski definition) is 4. The predicted octanol–water partition coefficient (Wildman–Crippen LogP) is 3.14. The molecule has 7 heteroatoms. The molecule has 0 radical (unpaired) electrons.